The Hall–Kier alpha value is -1.69. The molecule has 0 bridgehead atoms. The van der Waals surface area contributed by atoms with Gasteiger partial charge in [0, 0.05) is 12.3 Å². The Morgan fingerprint density at radius 2 is 2.24 bits per heavy atom. The first-order chi connectivity index (χ1) is 10.1. The first-order valence-corrected chi connectivity index (χ1v) is 7.78. The highest BCUT2D eigenvalue weighted by molar-refractivity contribution is 7.80. The molecule has 0 spiro atoms. The van der Waals surface area contributed by atoms with Crippen molar-refractivity contribution in [1.82, 2.24) is 15.2 Å². The van der Waals surface area contributed by atoms with Gasteiger partial charge < -0.3 is 10.1 Å². The Labute approximate surface area is 129 Å². The van der Waals surface area contributed by atoms with Crippen LogP contribution in [0.3, 0.4) is 0 Å². The Balaban J connectivity index is 1.68. The van der Waals surface area contributed by atoms with Gasteiger partial charge in [0.2, 0.25) is 5.88 Å². The van der Waals surface area contributed by atoms with E-state index in [9.17, 15) is 4.79 Å². The summed E-state index contributed by atoms with van der Waals surface area (Å²) in [7, 11) is 0. The molecule has 1 N–H and O–H groups in total. The second kappa shape index (κ2) is 5.97. The van der Waals surface area contributed by atoms with Gasteiger partial charge in [-0.25, -0.2) is 4.98 Å². The number of aromatic nitrogens is 1. The number of thiocarbonyl (C=S) groups is 1. The summed E-state index contributed by atoms with van der Waals surface area (Å²) < 4.78 is 5.89. The van der Waals surface area contributed by atoms with Gasteiger partial charge >= 0.3 is 0 Å². The zero-order valence-corrected chi connectivity index (χ0v) is 12.9. The molecule has 3 rings (SSSR count). The molecule has 2 fully saturated rings. The Bertz CT molecular complexity index is 558. The molecule has 1 saturated heterocycles. The van der Waals surface area contributed by atoms with Crippen molar-refractivity contribution in [2.24, 2.45) is 0 Å². The number of nitrogens with zero attached hydrogens (tertiary/aromatic N) is 2. The first-order valence-electron chi connectivity index (χ1n) is 7.37. The quantitative estimate of drug-likeness (QED) is 0.862. The van der Waals surface area contributed by atoms with Crippen molar-refractivity contribution in [1.29, 1.82) is 0 Å². The lowest BCUT2D eigenvalue weighted by Crippen LogP contribution is -2.30. The van der Waals surface area contributed by atoms with Crippen LogP contribution in [-0.2, 0) is 11.3 Å². The van der Waals surface area contributed by atoms with Gasteiger partial charge in [0.05, 0.1) is 6.54 Å². The van der Waals surface area contributed by atoms with Crippen LogP contribution in [0, 0.1) is 0 Å². The Morgan fingerprint density at radius 3 is 2.90 bits per heavy atom. The van der Waals surface area contributed by atoms with Crippen molar-refractivity contribution in [3.63, 3.8) is 0 Å². The van der Waals surface area contributed by atoms with Crippen LogP contribution in [0.25, 0.3) is 0 Å². The van der Waals surface area contributed by atoms with Crippen LogP contribution in [0.1, 0.15) is 38.2 Å². The predicted octanol–water partition coefficient (Wildman–Crippen LogP) is 2.01. The van der Waals surface area contributed by atoms with Gasteiger partial charge in [0.25, 0.3) is 5.91 Å². The van der Waals surface area contributed by atoms with E-state index in [0.717, 1.165) is 18.4 Å². The highest BCUT2D eigenvalue weighted by Crippen LogP contribution is 2.23. The highest BCUT2D eigenvalue weighted by atomic mass is 32.1. The van der Waals surface area contributed by atoms with Crippen LogP contribution >= 0.6 is 12.2 Å². The SMILES string of the molecule is CC1NC(=S)N(Cc2ccnc(OC3CCCC3)c2)C1=O. The van der Waals surface area contributed by atoms with E-state index in [1.165, 1.54) is 12.8 Å². The minimum Gasteiger partial charge on any atom is -0.474 e. The number of amides is 1. The van der Waals surface area contributed by atoms with E-state index < -0.39 is 0 Å². The minimum atomic E-state index is -0.242. The molecule has 0 aromatic carbocycles. The standard InChI is InChI=1S/C15H19N3O2S/c1-10-14(19)18(15(21)17-10)9-11-6-7-16-13(8-11)20-12-4-2-3-5-12/h6-8,10,12H,2-5,9H2,1H3,(H,17,21). The summed E-state index contributed by atoms with van der Waals surface area (Å²) in [5.74, 6) is 0.646. The van der Waals surface area contributed by atoms with E-state index in [1.807, 2.05) is 19.1 Å². The van der Waals surface area contributed by atoms with Gasteiger partial charge in [0.1, 0.15) is 12.1 Å². The predicted molar refractivity (Wildman–Crippen MR) is 82.9 cm³/mol. The molecule has 2 heterocycles. The summed E-state index contributed by atoms with van der Waals surface area (Å²) in [5, 5.41) is 3.46. The number of carbonyl (C=O) groups is 1. The van der Waals surface area contributed by atoms with Crippen LogP contribution < -0.4 is 10.1 Å². The molecule has 1 aliphatic heterocycles. The highest BCUT2D eigenvalue weighted by Gasteiger charge is 2.32. The molecular formula is C15H19N3O2S. The van der Waals surface area contributed by atoms with E-state index >= 15 is 0 Å². The fourth-order valence-corrected chi connectivity index (χ4v) is 3.11. The molecular weight excluding hydrogens is 286 g/mol. The number of rotatable bonds is 4. The van der Waals surface area contributed by atoms with E-state index in [2.05, 4.69) is 10.3 Å². The van der Waals surface area contributed by atoms with Crippen LogP contribution in [0.5, 0.6) is 5.88 Å². The average Bonchev–Trinajstić information content (AvgIpc) is 3.04. The summed E-state index contributed by atoms with van der Waals surface area (Å²) in [5.41, 5.74) is 0.976. The monoisotopic (exact) mass is 305 g/mol. The van der Waals surface area contributed by atoms with Gasteiger partial charge in [-0.3, -0.25) is 9.69 Å². The molecule has 2 aliphatic rings. The van der Waals surface area contributed by atoms with Crippen molar-refractivity contribution in [2.45, 2.75) is 51.3 Å². The molecule has 112 valence electrons. The normalized spacial score (nSPS) is 22.7. The topological polar surface area (TPSA) is 54.5 Å². The number of hydrogen-bond donors (Lipinski definition) is 1. The minimum absolute atomic E-state index is 0.00933. The first kappa shape index (κ1) is 14.3. The van der Waals surface area contributed by atoms with Crippen molar-refractivity contribution in [2.75, 3.05) is 0 Å². The number of pyridine rings is 1. The van der Waals surface area contributed by atoms with Crippen molar-refractivity contribution >= 4 is 23.2 Å². The number of ether oxygens (including phenoxy) is 1. The largest absolute Gasteiger partial charge is 0.474 e. The molecule has 1 aliphatic carbocycles. The molecule has 1 saturated carbocycles. The van der Waals surface area contributed by atoms with Crippen molar-refractivity contribution < 1.29 is 9.53 Å². The third kappa shape index (κ3) is 3.15. The van der Waals surface area contributed by atoms with E-state index in [1.54, 1.807) is 11.1 Å². The smallest absolute Gasteiger partial charge is 0.251 e. The van der Waals surface area contributed by atoms with Gasteiger partial charge in [-0.15, -0.1) is 0 Å². The summed E-state index contributed by atoms with van der Waals surface area (Å²) >= 11 is 5.19. The van der Waals surface area contributed by atoms with Crippen molar-refractivity contribution in [3.8, 4) is 5.88 Å². The molecule has 0 radical (unpaired) electrons. The summed E-state index contributed by atoms with van der Waals surface area (Å²) in [6.07, 6.45) is 6.66. The average molecular weight is 305 g/mol. The number of hydrogen-bond acceptors (Lipinski definition) is 4. The zero-order chi connectivity index (χ0) is 14.8. The molecule has 21 heavy (non-hydrogen) atoms. The lowest BCUT2D eigenvalue weighted by atomic mass is 10.2. The van der Waals surface area contributed by atoms with Crippen LogP contribution in [0.4, 0.5) is 0 Å². The molecule has 1 unspecified atom stereocenters. The van der Waals surface area contributed by atoms with E-state index in [0.29, 0.717) is 17.5 Å². The Morgan fingerprint density at radius 1 is 1.48 bits per heavy atom. The maximum Gasteiger partial charge on any atom is 0.251 e. The van der Waals surface area contributed by atoms with Crippen LogP contribution in [0.2, 0.25) is 0 Å². The molecule has 1 aromatic rings. The summed E-state index contributed by atoms with van der Waals surface area (Å²) in [6, 6.07) is 3.55. The summed E-state index contributed by atoms with van der Waals surface area (Å²) in [4.78, 5) is 17.9. The van der Waals surface area contributed by atoms with Gasteiger partial charge in [-0.05, 0) is 56.5 Å². The number of carbonyl (C=O) groups excluding carboxylic acids is 1. The van der Waals surface area contributed by atoms with Crippen molar-refractivity contribution in [3.05, 3.63) is 23.9 Å². The molecule has 1 amide bonds. The fraction of sp³-hybridized carbons (Fsp3) is 0.533. The molecule has 6 heteroatoms. The molecule has 5 nitrogen and oxygen atoms in total. The molecule has 1 atom stereocenters. The van der Waals surface area contributed by atoms with Gasteiger partial charge in [-0.1, -0.05) is 0 Å². The third-order valence-corrected chi connectivity index (χ3v) is 4.29. The summed E-state index contributed by atoms with van der Waals surface area (Å²) in [6.45, 7) is 2.27. The van der Waals surface area contributed by atoms with Crippen LogP contribution in [-0.4, -0.2) is 33.0 Å². The Kier molecular flexibility index (Phi) is 4.05. The lowest BCUT2D eigenvalue weighted by Gasteiger charge is -2.16. The third-order valence-electron chi connectivity index (χ3n) is 3.95. The molecule has 1 aromatic heterocycles. The van der Waals surface area contributed by atoms with E-state index in [4.69, 9.17) is 17.0 Å². The maximum atomic E-state index is 12.0. The zero-order valence-electron chi connectivity index (χ0n) is 12.0. The van der Waals surface area contributed by atoms with Gasteiger partial charge in [-0.2, -0.15) is 0 Å². The second-order valence-electron chi connectivity index (χ2n) is 5.62. The fourth-order valence-electron chi connectivity index (χ4n) is 2.78. The maximum absolute atomic E-state index is 12.0. The lowest BCUT2D eigenvalue weighted by molar-refractivity contribution is -0.127. The van der Waals surface area contributed by atoms with Gasteiger partial charge in [0.15, 0.2) is 5.11 Å². The second-order valence-corrected chi connectivity index (χ2v) is 6.01. The van der Waals surface area contributed by atoms with E-state index in [-0.39, 0.29) is 18.1 Å². The van der Waals surface area contributed by atoms with Crippen LogP contribution in [0.15, 0.2) is 18.3 Å². The number of nitrogens with one attached hydrogen (secondary N) is 1.